The highest BCUT2D eigenvalue weighted by Gasteiger charge is 2.45. The summed E-state index contributed by atoms with van der Waals surface area (Å²) in [6.45, 7) is 1.02. The van der Waals surface area contributed by atoms with Gasteiger partial charge >= 0.3 is 0 Å². The fourth-order valence-electron chi connectivity index (χ4n) is 4.49. The summed E-state index contributed by atoms with van der Waals surface area (Å²) in [5.41, 5.74) is 3.11. The van der Waals surface area contributed by atoms with Gasteiger partial charge in [0.2, 0.25) is 5.91 Å². The lowest BCUT2D eigenvalue weighted by Crippen LogP contribution is -2.46. The van der Waals surface area contributed by atoms with E-state index >= 15 is 0 Å². The molecule has 1 amide bonds. The number of benzene rings is 2. The van der Waals surface area contributed by atoms with Gasteiger partial charge in [-0.15, -0.1) is 0 Å². The predicted octanol–water partition coefficient (Wildman–Crippen LogP) is 2.43. The quantitative estimate of drug-likeness (QED) is 0.517. The van der Waals surface area contributed by atoms with E-state index in [1.54, 1.807) is 7.05 Å². The Balaban J connectivity index is 1.60. The van der Waals surface area contributed by atoms with Gasteiger partial charge < -0.3 is 14.4 Å². The lowest BCUT2D eigenvalue weighted by atomic mass is 9.80. The van der Waals surface area contributed by atoms with Crippen LogP contribution in [0.2, 0.25) is 0 Å². The van der Waals surface area contributed by atoms with Gasteiger partial charge in [-0.1, -0.05) is 41.7 Å². The van der Waals surface area contributed by atoms with Crippen molar-refractivity contribution in [3.05, 3.63) is 59.2 Å². The zero-order chi connectivity index (χ0) is 23.1. The molecule has 4 rings (SSSR count). The highest BCUT2D eigenvalue weighted by atomic mass is 32.1. The van der Waals surface area contributed by atoms with Crippen molar-refractivity contribution in [2.75, 3.05) is 39.6 Å². The molecule has 7 heteroatoms. The Bertz CT molecular complexity index is 1150. The van der Waals surface area contributed by atoms with Gasteiger partial charge in [0.05, 0.1) is 43.3 Å². The van der Waals surface area contributed by atoms with Crippen LogP contribution in [0.4, 0.5) is 5.13 Å². The number of quaternary nitrogens is 1. The molecule has 0 unspecified atom stereocenters. The van der Waals surface area contributed by atoms with Gasteiger partial charge in [0.1, 0.15) is 0 Å². The van der Waals surface area contributed by atoms with Crippen LogP contribution < -0.4 is 10.0 Å². The number of hydrogen-bond donors (Lipinski definition) is 0. The third-order valence-corrected chi connectivity index (χ3v) is 7.33. The zero-order valence-corrected chi connectivity index (χ0v) is 19.9. The van der Waals surface area contributed by atoms with Crippen molar-refractivity contribution in [2.45, 2.75) is 25.7 Å². The summed E-state index contributed by atoms with van der Waals surface area (Å²) >= 11 is 1.45. The Morgan fingerprint density at radius 3 is 2.38 bits per heavy atom. The lowest BCUT2D eigenvalue weighted by Gasteiger charge is -2.31. The maximum Gasteiger partial charge on any atom is 0.235 e. The number of amides is 1. The second-order valence-corrected chi connectivity index (χ2v) is 10.9. The molecule has 1 aromatic heterocycles. The van der Waals surface area contributed by atoms with E-state index in [2.05, 4.69) is 39.3 Å². The predicted molar refractivity (Wildman–Crippen MR) is 126 cm³/mol. The number of thiazole rings is 1. The van der Waals surface area contributed by atoms with Gasteiger partial charge in [-0.05, 0) is 41.7 Å². The third kappa shape index (κ3) is 4.54. The third-order valence-electron chi connectivity index (χ3n) is 6.22. The number of aliphatic carboxylic acids is 1. The lowest BCUT2D eigenvalue weighted by molar-refractivity contribution is -0.870. The first kappa shape index (κ1) is 22.4. The average Bonchev–Trinajstić information content (AvgIpc) is 3.31. The molecule has 0 saturated heterocycles. The topological polar surface area (TPSA) is 73.3 Å². The van der Waals surface area contributed by atoms with Crippen LogP contribution in [0, 0.1) is 5.41 Å². The van der Waals surface area contributed by atoms with E-state index < -0.39 is 11.4 Å². The van der Waals surface area contributed by atoms with Crippen LogP contribution in [0.15, 0.2) is 42.5 Å². The molecule has 6 nitrogen and oxygen atoms in total. The molecule has 0 bridgehead atoms. The number of hydrogen-bond acceptors (Lipinski definition) is 5. The number of fused-ring (bicyclic) bond motifs is 2. The molecule has 1 heterocycles. The van der Waals surface area contributed by atoms with Crippen molar-refractivity contribution in [3.63, 3.8) is 0 Å². The zero-order valence-electron chi connectivity index (χ0n) is 19.1. The van der Waals surface area contributed by atoms with Crippen LogP contribution in [0.1, 0.15) is 23.1 Å². The first-order valence-corrected chi connectivity index (χ1v) is 11.6. The molecule has 32 heavy (non-hydrogen) atoms. The Morgan fingerprint density at radius 1 is 1.12 bits per heavy atom. The summed E-state index contributed by atoms with van der Waals surface area (Å²) in [7, 11) is 8.20. The summed E-state index contributed by atoms with van der Waals surface area (Å²) in [6.07, 6.45) is 1.46. The van der Waals surface area contributed by atoms with E-state index in [0.717, 1.165) is 38.8 Å². The summed E-state index contributed by atoms with van der Waals surface area (Å²) in [5.74, 6) is -1.42. The van der Waals surface area contributed by atoms with Crippen LogP contribution >= 0.6 is 11.3 Å². The molecule has 2 aromatic carbocycles. The highest BCUT2D eigenvalue weighted by Crippen LogP contribution is 2.42. The molecule has 0 N–H and O–H groups in total. The Morgan fingerprint density at radius 2 is 1.78 bits per heavy atom. The van der Waals surface area contributed by atoms with Crippen molar-refractivity contribution in [1.29, 1.82) is 0 Å². The summed E-state index contributed by atoms with van der Waals surface area (Å²) in [4.78, 5) is 31.5. The molecule has 1 aliphatic rings. The summed E-state index contributed by atoms with van der Waals surface area (Å²) in [5, 5.41) is 12.2. The average molecular weight is 452 g/mol. The van der Waals surface area contributed by atoms with Crippen molar-refractivity contribution in [2.24, 2.45) is 5.41 Å². The van der Waals surface area contributed by atoms with E-state index in [0.29, 0.717) is 18.0 Å². The van der Waals surface area contributed by atoms with Crippen LogP contribution in [-0.4, -0.2) is 56.1 Å². The largest absolute Gasteiger partial charge is 0.550 e. The molecule has 0 fully saturated rings. The molecule has 0 aliphatic heterocycles. The number of anilines is 1. The number of carbonyl (C=O) groups excluding carboxylic acids is 2. The van der Waals surface area contributed by atoms with Crippen molar-refractivity contribution in [3.8, 4) is 0 Å². The Hall–Kier alpha value is -2.77. The first-order valence-electron chi connectivity index (χ1n) is 10.8. The van der Waals surface area contributed by atoms with E-state index in [-0.39, 0.29) is 12.3 Å². The first-order chi connectivity index (χ1) is 15.1. The normalized spacial score (nSPS) is 15.0. The highest BCUT2D eigenvalue weighted by molar-refractivity contribution is 7.22. The maximum absolute atomic E-state index is 13.6. The van der Waals surface area contributed by atoms with Gasteiger partial charge in [0, 0.05) is 25.9 Å². The number of nitrogens with zero attached hydrogens (tertiary/aromatic N) is 3. The molecular weight excluding hydrogens is 422 g/mol. The fourth-order valence-corrected chi connectivity index (χ4v) is 5.39. The minimum Gasteiger partial charge on any atom is -0.550 e. The number of carbonyl (C=O) groups is 2. The molecule has 0 radical (unpaired) electrons. The van der Waals surface area contributed by atoms with Crippen molar-refractivity contribution >= 4 is 38.6 Å². The molecule has 0 spiro atoms. The van der Waals surface area contributed by atoms with Gasteiger partial charge in [-0.3, -0.25) is 9.69 Å². The van der Waals surface area contributed by atoms with Gasteiger partial charge in [0.15, 0.2) is 5.13 Å². The second-order valence-electron chi connectivity index (χ2n) is 9.88. The number of rotatable bonds is 7. The number of aromatic nitrogens is 1. The molecular formula is C25H29N3O3S. The Kier molecular flexibility index (Phi) is 5.81. The van der Waals surface area contributed by atoms with Gasteiger partial charge in [-0.2, -0.15) is 0 Å². The fraction of sp³-hybridized carbons (Fsp3) is 0.400. The minimum absolute atomic E-state index is 0.220. The van der Waals surface area contributed by atoms with E-state index in [1.807, 2.05) is 24.3 Å². The molecule has 0 atom stereocenters. The smallest absolute Gasteiger partial charge is 0.235 e. The van der Waals surface area contributed by atoms with Crippen LogP contribution in [-0.2, 0) is 28.9 Å². The van der Waals surface area contributed by atoms with E-state index in [1.165, 1.54) is 21.8 Å². The van der Waals surface area contributed by atoms with Crippen LogP contribution in [0.5, 0.6) is 0 Å². The molecule has 1 aliphatic carbocycles. The SMILES string of the molecule is CN(C(=O)C1(CC(=O)[O-])Cc2ccccc2C1)c1nc2cc(CC[N+](C)(C)C)ccc2s1. The Labute approximate surface area is 192 Å². The molecule has 0 saturated carbocycles. The van der Waals surface area contributed by atoms with Crippen LogP contribution in [0.25, 0.3) is 10.2 Å². The van der Waals surface area contributed by atoms with E-state index in [9.17, 15) is 14.7 Å². The van der Waals surface area contributed by atoms with Gasteiger partial charge in [0.25, 0.3) is 0 Å². The van der Waals surface area contributed by atoms with Crippen LogP contribution in [0.3, 0.4) is 0 Å². The van der Waals surface area contributed by atoms with Crippen molar-refractivity contribution in [1.82, 2.24) is 4.98 Å². The van der Waals surface area contributed by atoms with E-state index in [4.69, 9.17) is 4.98 Å². The minimum atomic E-state index is -1.20. The summed E-state index contributed by atoms with van der Waals surface area (Å²) < 4.78 is 1.90. The standard InChI is InChI=1S/C25H29N3O3S/c1-27(23(31)25(16-22(29)30)14-18-7-5-6-8-19(18)15-25)24-26-20-13-17(9-10-21(20)32-24)11-12-28(2,3)4/h5-10,13H,11-12,14-16H2,1-4H3. The van der Waals surface area contributed by atoms with Crippen molar-refractivity contribution < 1.29 is 19.2 Å². The maximum atomic E-state index is 13.6. The number of carboxylic acid groups (broad SMARTS) is 1. The monoisotopic (exact) mass is 451 g/mol. The second kappa shape index (κ2) is 8.30. The molecule has 3 aromatic rings. The number of carboxylic acids is 1. The number of likely N-dealkylation sites (N-methyl/N-ethyl adjacent to an activating group) is 1. The van der Waals surface area contributed by atoms with Gasteiger partial charge in [-0.25, -0.2) is 4.98 Å². The molecule has 168 valence electrons. The summed E-state index contributed by atoms with van der Waals surface area (Å²) in [6, 6.07) is 14.0.